The molecule has 2 heterocycles. The van der Waals surface area contributed by atoms with Crippen LogP contribution in [-0.4, -0.2) is 28.9 Å². The summed E-state index contributed by atoms with van der Waals surface area (Å²) in [6.45, 7) is 0. The number of carbonyl (C=O) groups excluding carboxylic acids is 2. The summed E-state index contributed by atoms with van der Waals surface area (Å²) in [5.74, 6) is -0.165. The normalized spacial score (nSPS) is 31.6. The number of hydrogen-bond donors (Lipinski definition) is 0. The molecule has 3 amide bonds. The number of nitrogens with zero attached hydrogens (tertiary/aromatic N) is 2. The molecule has 0 bridgehead atoms. The first-order chi connectivity index (χ1) is 10.2. The molecule has 1 saturated carbocycles. The van der Waals surface area contributed by atoms with E-state index in [1.54, 1.807) is 11.0 Å². The van der Waals surface area contributed by atoms with Crippen molar-refractivity contribution >= 4 is 17.6 Å². The molecule has 0 N–H and O–H groups in total. The van der Waals surface area contributed by atoms with E-state index in [9.17, 15) is 14.0 Å². The van der Waals surface area contributed by atoms with E-state index >= 15 is 0 Å². The molecule has 5 heteroatoms. The zero-order chi connectivity index (χ0) is 14.6. The second-order valence-electron chi connectivity index (χ2n) is 6.21. The quantitative estimate of drug-likeness (QED) is 0.745. The molecular formula is C16H17FN2O2. The molecule has 3 aliphatic rings. The average Bonchev–Trinajstić information content (AvgIpc) is 2.96. The number of benzene rings is 1. The maximum absolute atomic E-state index is 13.4. The van der Waals surface area contributed by atoms with Crippen LogP contribution < -0.4 is 4.90 Å². The van der Waals surface area contributed by atoms with Crippen molar-refractivity contribution in [3.8, 4) is 0 Å². The monoisotopic (exact) mass is 288 g/mol. The minimum Gasteiger partial charge on any atom is -0.309 e. The Kier molecular flexibility index (Phi) is 2.77. The van der Waals surface area contributed by atoms with Crippen LogP contribution in [0, 0.1) is 11.7 Å². The summed E-state index contributed by atoms with van der Waals surface area (Å²) in [5.41, 5.74) is 0.340. The van der Waals surface area contributed by atoms with Crippen LogP contribution in [0.2, 0.25) is 0 Å². The van der Waals surface area contributed by atoms with Crippen LogP contribution in [0.25, 0.3) is 0 Å². The van der Waals surface area contributed by atoms with Crippen molar-refractivity contribution in [3.05, 3.63) is 30.1 Å². The smallest absolute Gasteiger partial charge is 0.309 e. The van der Waals surface area contributed by atoms with Crippen LogP contribution in [0.5, 0.6) is 0 Å². The highest BCUT2D eigenvalue weighted by molar-refractivity contribution is 6.21. The summed E-state index contributed by atoms with van der Waals surface area (Å²) in [5, 5.41) is 0. The number of hydrogen-bond acceptors (Lipinski definition) is 2. The van der Waals surface area contributed by atoms with Gasteiger partial charge in [-0.25, -0.2) is 14.1 Å². The molecule has 3 unspecified atom stereocenters. The van der Waals surface area contributed by atoms with Gasteiger partial charge in [0.2, 0.25) is 0 Å². The molecule has 4 nitrogen and oxygen atoms in total. The highest BCUT2D eigenvalue weighted by Gasteiger charge is 2.55. The number of urea groups is 1. The third kappa shape index (κ3) is 1.79. The van der Waals surface area contributed by atoms with Crippen LogP contribution in [-0.2, 0) is 4.79 Å². The van der Waals surface area contributed by atoms with Crippen molar-refractivity contribution in [2.24, 2.45) is 5.92 Å². The Balaban J connectivity index is 1.68. The van der Waals surface area contributed by atoms with Gasteiger partial charge in [0.1, 0.15) is 11.9 Å². The minimum absolute atomic E-state index is 0.193. The molecular weight excluding hydrogens is 271 g/mol. The Hall–Kier alpha value is -1.91. The molecule has 0 aromatic heterocycles. The van der Waals surface area contributed by atoms with Gasteiger partial charge in [0.15, 0.2) is 0 Å². The summed E-state index contributed by atoms with van der Waals surface area (Å²) in [4.78, 5) is 28.2. The molecule has 0 radical (unpaired) electrons. The fourth-order valence-electron chi connectivity index (χ4n) is 4.17. The number of fused-ring (bicyclic) bond motifs is 3. The highest BCUT2D eigenvalue weighted by atomic mass is 19.1. The van der Waals surface area contributed by atoms with Crippen molar-refractivity contribution < 1.29 is 14.0 Å². The van der Waals surface area contributed by atoms with Crippen LogP contribution in [0.3, 0.4) is 0 Å². The van der Waals surface area contributed by atoms with E-state index in [-0.39, 0.29) is 24.0 Å². The zero-order valence-electron chi connectivity index (χ0n) is 11.7. The Labute approximate surface area is 122 Å². The molecule has 1 aliphatic carbocycles. The standard InChI is InChI=1S/C16H17FN2O2/c17-11-5-3-6-12(9-11)18-15(20)14-8-10-4-1-2-7-13(10)19(14)16(18)21/h3,5-6,9-10,13-14H,1-2,4,7-8H2. The van der Waals surface area contributed by atoms with E-state index in [2.05, 4.69) is 0 Å². The molecule has 2 aliphatic heterocycles. The van der Waals surface area contributed by atoms with Gasteiger partial charge in [-0.15, -0.1) is 0 Å². The molecule has 1 aromatic carbocycles. The fourth-order valence-corrected chi connectivity index (χ4v) is 4.17. The van der Waals surface area contributed by atoms with Crippen molar-refractivity contribution in [2.45, 2.75) is 44.2 Å². The van der Waals surface area contributed by atoms with Gasteiger partial charge in [0.25, 0.3) is 5.91 Å². The topological polar surface area (TPSA) is 40.6 Å². The Morgan fingerprint density at radius 1 is 1.14 bits per heavy atom. The molecule has 3 atom stereocenters. The lowest BCUT2D eigenvalue weighted by Crippen LogP contribution is -2.41. The average molecular weight is 288 g/mol. The van der Waals surface area contributed by atoms with E-state index in [4.69, 9.17) is 0 Å². The van der Waals surface area contributed by atoms with Crippen LogP contribution in [0.1, 0.15) is 32.1 Å². The number of carbonyl (C=O) groups is 2. The Bertz CT molecular complexity index is 618. The summed E-state index contributed by atoms with van der Waals surface area (Å²) >= 11 is 0. The lowest BCUT2D eigenvalue weighted by atomic mass is 9.84. The van der Waals surface area contributed by atoms with Crippen LogP contribution in [0.15, 0.2) is 24.3 Å². The number of anilines is 1. The van der Waals surface area contributed by atoms with Crippen molar-refractivity contribution in [1.82, 2.24) is 4.90 Å². The summed E-state index contributed by atoms with van der Waals surface area (Å²) in [6, 6.07) is 5.28. The van der Waals surface area contributed by atoms with Gasteiger partial charge < -0.3 is 4.90 Å². The first kappa shape index (κ1) is 12.8. The number of rotatable bonds is 1. The molecule has 4 rings (SSSR count). The van der Waals surface area contributed by atoms with E-state index in [1.807, 2.05) is 0 Å². The highest BCUT2D eigenvalue weighted by Crippen LogP contribution is 2.44. The summed E-state index contributed by atoms with van der Waals surface area (Å²) in [6.07, 6.45) is 5.17. The van der Waals surface area contributed by atoms with Gasteiger partial charge in [0, 0.05) is 6.04 Å². The Morgan fingerprint density at radius 2 is 1.95 bits per heavy atom. The number of amides is 3. The third-order valence-electron chi connectivity index (χ3n) is 5.07. The van der Waals surface area contributed by atoms with Gasteiger partial charge in [-0.05, 0) is 43.4 Å². The Morgan fingerprint density at radius 3 is 2.76 bits per heavy atom. The van der Waals surface area contributed by atoms with Crippen LogP contribution >= 0.6 is 0 Å². The molecule has 2 saturated heterocycles. The maximum Gasteiger partial charge on any atom is 0.332 e. The second kappa shape index (κ2) is 4.55. The first-order valence-electron chi connectivity index (χ1n) is 7.58. The van der Waals surface area contributed by atoms with E-state index in [0.29, 0.717) is 11.6 Å². The number of imide groups is 1. The molecule has 21 heavy (non-hydrogen) atoms. The zero-order valence-corrected chi connectivity index (χ0v) is 11.7. The molecule has 1 aromatic rings. The molecule has 110 valence electrons. The van der Waals surface area contributed by atoms with E-state index in [1.165, 1.54) is 24.6 Å². The van der Waals surface area contributed by atoms with Gasteiger partial charge in [-0.3, -0.25) is 4.79 Å². The molecule has 3 fully saturated rings. The first-order valence-corrected chi connectivity index (χ1v) is 7.58. The van der Waals surface area contributed by atoms with Crippen molar-refractivity contribution in [2.75, 3.05) is 4.90 Å². The largest absolute Gasteiger partial charge is 0.332 e. The summed E-state index contributed by atoms with van der Waals surface area (Å²) < 4.78 is 13.4. The lowest BCUT2D eigenvalue weighted by molar-refractivity contribution is -0.119. The maximum atomic E-state index is 13.4. The summed E-state index contributed by atoms with van der Waals surface area (Å²) in [7, 11) is 0. The van der Waals surface area contributed by atoms with E-state index < -0.39 is 5.82 Å². The minimum atomic E-state index is -0.435. The van der Waals surface area contributed by atoms with Gasteiger partial charge in [-0.1, -0.05) is 18.9 Å². The molecule has 0 spiro atoms. The fraction of sp³-hybridized carbons (Fsp3) is 0.500. The van der Waals surface area contributed by atoms with E-state index in [0.717, 1.165) is 30.6 Å². The SMILES string of the molecule is O=C1C2CC3CCCCC3N2C(=O)N1c1cccc(F)c1. The van der Waals surface area contributed by atoms with Gasteiger partial charge in [0.05, 0.1) is 5.69 Å². The van der Waals surface area contributed by atoms with Gasteiger partial charge in [-0.2, -0.15) is 0 Å². The predicted octanol–water partition coefficient (Wildman–Crippen LogP) is 2.93. The van der Waals surface area contributed by atoms with Crippen molar-refractivity contribution in [1.29, 1.82) is 0 Å². The predicted molar refractivity (Wildman–Crippen MR) is 75.3 cm³/mol. The third-order valence-corrected chi connectivity index (χ3v) is 5.07. The van der Waals surface area contributed by atoms with Gasteiger partial charge >= 0.3 is 6.03 Å². The second-order valence-corrected chi connectivity index (χ2v) is 6.21. The van der Waals surface area contributed by atoms with Crippen molar-refractivity contribution in [3.63, 3.8) is 0 Å². The van der Waals surface area contributed by atoms with Crippen LogP contribution in [0.4, 0.5) is 14.9 Å². The lowest BCUT2D eigenvalue weighted by Gasteiger charge is -2.30. The number of halogens is 1.